The van der Waals surface area contributed by atoms with Gasteiger partial charge in [0, 0.05) is 10.0 Å². The van der Waals surface area contributed by atoms with Crippen molar-refractivity contribution in [1.29, 1.82) is 0 Å². The number of rotatable bonds is 5. The number of nitrogens with one attached hydrogen (secondary N) is 1. The molecular weight excluding hydrogens is 291 g/mol. The van der Waals surface area contributed by atoms with Crippen molar-refractivity contribution in [3.63, 3.8) is 0 Å². The molecule has 1 atom stereocenters. The van der Waals surface area contributed by atoms with Gasteiger partial charge in [-0.2, -0.15) is 0 Å². The molecule has 4 heteroatoms. The maximum atomic E-state index is 6.23. The molecule has 0 aliphatic carbocycles. The minimum absolute atomic E-state index is 0.0158. The van der Waals surface area contributed by atoms with Gasteiger partial charge in [0.25, 0.3) is 0 Å². The Balaban J connectivity index is 2.31. The molecule has 0 aliphatic rings. The van der Waals surface area contributed by atoms with Gasteiger partial charge in [-0.25, -0.2) is 0 Å². The van der Waals surface area contributed by atoms with Gasteiger partial charge in [0.05, 0.1) is 6.04 Å². The number of hydrazine groups is 1. The molecular formula is C16H18Cl2N2. The molecule has 0 bridgehead atoms. The lowest BCUT2D eigenvalue weighted by molar-refractivity contribution is 0.548. The summed E-state index contributed by atoms with van der Waals surface area (Å²) in [6.07, 6.45) is 1.67. The topological polar surface area (TPSA) is 38.0 Å². The lowest BCUT2D eigenvalue weighted by Gasteiger charge is -2.20. The molecule has 106 valence electrons. The average Bonchev–Trinajstić information content (AvgIpc) is 2.48. The average molecular weight is 309 g/mol. The minimum Gasteiger partial charge on any atom is -0.271 e. The second kappa shape index (κ2) is 7.09. The predicted molar refractivity (Wildman–Crippen MR) is 86.1 cm³/mol. The largest absolute Gasteiger partial charge is 0.271 e. The molecule has 2 aromatic carbocycles. The fourth-order valence-electron chi connectivity index (χ4n) is 2.37. The fraction of sp³-hybridized carbons (Fsp3) is 0.250. The van der Waals surface area contributed by atoms with Crippen molar-refractivity contribution in [3.8, 4) is 0 Å². The first-order valence-electron chi connectivity index (χ1n) is 6.63. The molecule has 0 aliphatic heterocycles. The third kappa shape index (κ3) is 3.53. The second-order valence-corrected chi connectivity index (χ2v) is 5.56. The summed E-state index contributed by atoms with van der Waals surface area (Å²) in [5.74, 6) is 5.74. The molecule has 0 saturated heterocycles. The smallest absolute Gasteiger partial charge is 0.0503 e. The molecule has 0 fully saturated rings. The lowest BCUT2D eigenvalue weighted by Crippen LogP contribution is -2.30. The van der Waals surface area contributed by atoms with Crippen LogP contribution in [0.2, 0.25) is 10.0 Å². The van der Waals surface area contributed by atoms with Gasteiger partial charge in [0.15, 0.2) is 0 Å². The van der Waals surface area contributed by atoms with Gasteiger partial charge in [-0.1, -0.05) is 54.4 Å². The van der Waals surface area contributed by atoms with Crippen molar-refractivity contribution < 1.29 is 0 Å². The van der Waals surface area contributed by atoms with Crippen LogP contribution >= 0.6 is 23.2 Å². The summed E-state index contributed by atoms with van der Waals surface area (Å²) >= 11 is 12.3. The molecule has 20 heavy (non-hydrogen) atoms. The molecule has 0 spiro atoms. The Morgan fingerprint density at radius 2 is 1.85 bits per heavy atom. The molecule has 0 radical (unpaired) electrons. The predicted octanol–water partition coefficient (Wildman–Crippen LogP) is 4.30. The highest BCUT2D eigenvalue weighted by Crippen LogP contribution is 2.27. The van der Waals surface area contributed by atoms with Crippen LogP contribution in [0, 0.1) is 0 Å². The van der Waals surface area contributed by atoms with E-state index in [0.717, 1.165) is 12.0 Å². The highest BCUT2D eigenvalue weighted by atomic mass is 35.5. The number of hydrogen-bond acceptors (Lipinski definition) is 2. The number of nitrogens with two attached hydrogens (primary N) is 1. The van der Waals surface area contributed by atoms with Crippen molar-refractivity contribution in [1.82, 2.24) is 5.43 Å². The first-order chi connectivity index (χ1) is 9.65. The Labute approximate surface area is 129 Å². The molecule has 1 unspecified atom stereocenters. The van der Waals surface area contributed by atoms with E-state index >= 15 is 0 Å². The van der Waals surface area contributed by atoms with E-state index in [0.29, 0.717) is 16.5 Å². The number of benzene rings is 2. The second-order valence-electron chi connectivity index (χ2n) is 4.71. The summed E-state index contributed by atoms with van der Waals surface area (Å²) in [6.45, 7) is 2.14. The zero-order valence-corrected chi connectivity index (χ0v) is 12.9. The molecule has 2 aromatic rings. The van der Waals surface area contributed by atoms with Crippen LogP contribution in [0.15, 0.2) is 42.5 Å². The molecule has 0 saturated carbocycles. The van der Waals surface area contributed by atoms with Crippen molar-refractivity contribution >= 4 is 23.2 Å². The minimum atomic E-state index is 0.0158. The van der Waals surface area contributed by atoms with E-state index in [1.54, 1.807) is 6.07 Å². The van der Waals surface area contributed by atoms with Gasteiger partial charge in [0.1, 0.15) is 0 Å². The molecule has 3 N–H and O–H groups in total. The Bertz CT molecular complexity index is 584. The normalized spacial score (nSPS) is 12.4. The highest BCUT2D eigenvalue weighted by molar-refractivity contribution is 6.33. The Kier molecular flexibility index (Phi) is 5.44. The monoisotopic (exact) mass is 308 g/mol. The van der Waals surface area contributed by atoms with E-state index < -0.39 is 0 Å². The van der Waals surface area contributed by atoms with Crippen molar-refractivity contribution in [2.24, 2.45) is 5.84 Å². The first kappa shape index (κ1) is 15.3. The van der Waals surface area contributed by atoms with E-state index in [1.807, 2.05) is 24.3 Å². The fourth-order valence-corrected chi connectivity index (χ4v) is 2.76. The quantitative estimate of drug-likeness (QED) is 0.638. The van der Waals surface area contributed by atoms with Gasteiger partial charge < -0.3 is 0 Å². The van der Waals surface area contributed by atoms with E-state index in [4.69, 9.17) is 29.0 Å². The van der Waals surface area contributed by atoms with E-state index in [1.165, 1.54) is 11.1 Å². The SMILES string of the molecule is CCc1ccccc1C(Cc1cc(Cl)ccc1Cl)NN. The molecule has 0 heterocycles. The third-order valence-electron chi connectivity index (χ3n) is 3.44. The van der Waals surface area contributed by atoms with Gasteiger partial charge >= 0.3 is 0 Å². The van der Waals surface area contributed by atoms with E-state index in [-0.39, 0.29) is 6.04 Å². The highest BCUT2D eigenvalue weighted by Gasteiger charge is 2.15. The van der Waals surface area contributed by atoms with Gasteiger partial charge in [-0.15, -0.1) is 0 Å². The zero-order valence-electron chi connectivity index (χ0n) is 11.4. The Morgan fingerprint density at radius 3 is 2.55 bits per heavy atom. The molecule has 2 rings (SSSR count). The lowest BCUT2D eigenvalue weighted by atomic mass is 9.94. The summed E-state index contributed by atoms with van der Waals surface area (Å²) in [5.41, 5.74) is 6.37. The van der Waals surface area contributed by atoms with Crippen LogP contribution in [0.4, 0.5) is 0 Å². The third-order valence-corrected chi connectivity index (χ3v) is 4.05. The molecule has 0 amide bonds. The van der Waals surface area contributed by atoms with Crippen LogP contribution in [0.1, 0.15) is 29.7 Å². The van der Waals surface area contributed by atoms with Crippen LogP contribution in [-0.4, -0.2) is 0 Å². The van der Waals surface area contributed by atoms with Crippen LogP contribution in [0.5, 0.6) is 0 Å². The van der Waals surface area contributed by atoms with Gasteiger partial charge in [-0.3, -0.25) is 11.3 Å². The maximum Gasteiger partial charge on any atom is 0.0503 e. The van der Waals surface area contributed by atoms with Crippen LogP contribution in [0.25, 0.3) is 0 Å². The summed E-state index contributed by atoms with van der Waals surface area (Å²) < 4.78 is 0. The Hall–Kier alpha value is -1.06. The standard InChI is InChI=1S/C16H18Cl2N2/c1-2-11-5-3-4-6-14(11)16(20-19)10-12-9-13(17)7-8-15(12)18/h3-9,16,20H,2,10,19H2,1H3. The van der Waals surface area contributed by atoms with Crippen molar-refractivity contribution in [2.45, 2.75) is 25.8 Å². The van der Waals surface area contributed by atoms with Gasteiger partial charge in [0.2, 0.25) is 0 Å². The van der Waals surface area contributed by atoms with Crippen LogP contribution < -0.4 is 11.3 Å². The zero-order chi connectivity index (χ0) is 14.5. The maximum absolute atomic E-state index is 6.23. The first-order valence-corrected chi connectivity index (χ1v) is 7.39. The summed E-state index contributed by atoms with van der Waals surface area (Å²) in [4.78, 5) is 0. The van der Waals surface area contributed by atoms with Crippen molar-refractivity contribution in [3.05, 3.63) is 69.2 Å². The Morgan fingerprint density at radius 1 is 1.10 bits per heavy atom. The van der Waals surface area contributed by atoms with Gasteiger partial charge in [-0.05, 0) is 47.7 Å². The number of hydrogen-bond donors (Lipinski definition) is 2. The molecule has 2 nitrogen and oxygen atoms in total. The number of halogens is 2. The van der Waals surface area contributed by atoms with Crippen LogP contribution in [0.3, 0.4) is 0 Å². The summed E-state index contributed by atoms with van der Waals surface area (Å²) in [7, 11) is 0. The molecule has 0 aromatic heterocycles. The van der Waals surface area contributed by atoms with Crippen molar-refractivity contribution in [2.75, 3.05) is 0 Å². The van der Waals surface area contributed by atoms with Crippen LogP contribution in [-0.2, 0) is 12.8 Å². The van der Waals surface area contributed by atoms with E-state index in [2.05, 4.69) is 24.5 Å². The van der Waals surface area contributed by atoms with E-state index in [9.17, 15) is 0 Å². The number of aryl methyl sites for hydroxylation is 1. The summed E-state index contributed by atoms with van der Waals surface area (Å²) in [5, 5.41) is 1.40. The summed E-state index contributed by atoms with van der Waals surface area (Å²) in [6, 6.07) is 13.8.